The summed E-state index contributed by atoms with van der Waals surface area (Å²) in [5, 5.41) is 7.48. The first kappa shape index (κ1) is 11.3. The lowest BCUT2D eigenvalue weighted by atomic mass is 10.3. The van der Waals surface area contributed by atoms with Gasteiger partial charge in [0.15, 0.2) is 0 Å². The molecule has 0 spiro atoms. The zero-order chi connectivity index (χ0) is 11.2. The zero-order valence-electron chi connectivity index (χ0n) is 8.81. The van der Waals surface area contributed by atoms with Crippen LogP contribution in [0.25, 0.3) is 0 Å². The minimum atomic E-state index is 0.827. The molecule has 16 heavy (non-hydrogen) atoms. The van der Waals surface area contributed by atoms with Gasteiger partial charge in [-0.25, -0.2) is 0 Å². The van der Waals surface area contributed by atoms with Gasteiger partial charge in [0.2, 0.25) is 0 Å². The summed E-state index contributed by atoms with van der Waals surface area (Å²) >= 11 is 3.40. The molecule has 2 rings (SSSR count). The average Bonchev–Trinajstić information content (AvgIpc) is 2.77. The van der Waals surface area contributed by atoms with Crippen LogP contribution in [0.3, 0.4) is 0 Å². The predicted octanol–water partition coefficient (Wildman–Crippen LogP) is 1.83. The summed E-state index contributed by atoms with van der Waals surface area (Å²) in [5.41, 5.74) is 1.18. The maximum atomic E-state index is 4.13. The summed E-state index contributed by atoms with van der Waals surface area (Å²) in [6.07, 6.45) is 7.40. The summed E-state index contributed by atoms with van der Waals surface area (Å²) in [6.45, 7) is 2.61. The van der Waals surface area contributed by atoms with Crippen molar-refractivity contribution in [2.75, 3.05) is 6.54 Å². The van der Waals surface area contributed by atoms with Gasteiger partial charge in [0, 0.05) is 42.3 Å². The van der Waals surface area contributed by atoms with E-state index in [0.29, 0.717) is 0 Å². The molecule has 84 valence electrons. The Kier molecular flexibility index (Phi) is 4.07. The Labute approximate surface area is 103 Å². The number of hydrogen-bond donors (Lipinski definition) is 1. The molecule has 1 N–H and O–H groups in total. The molecule has 0 aromatic carbocycles. The van der Waals surface area contributed by atoms with Crippen LogP contribution in [0.15, 0.2) is 41.4 Å². The van der Waals surface area contributed by atoms with Gasteiger partial charge in [-0.1, -0.05) is 0 Å². The molecule has 4 nitrogen and oxygen atoms in total. The van der Waals surface area contributed by atoms with E-state index in [-0.39, 0.29) is 0 Å². The van der Waals surface area contributed by atoms with E-state index in [1.54, 1.807) is 12.4 Å². The Hall–Kier alpha value is -1.20. The Balaban J connectivity index is 1.72. The van der Waals surface area contributed by atoms with E-state index >= 15 is 0 Å². The standard InChI is InChI=1S/C11H13BrN4/c12-11-6-10(8-14-9-11)7-13-3-5-16-4-1-2-15-16/h1-2,4,6,8-9,13H,3,5,7H2. The molecule has 2 aromatic heterocycles. The molecule has 0 radical (unpaired) electrons. The SMILES string of the molecule is Brc1cncc(CNCCn2cccn2)c1. The van der Waals surface area contributed by atoms with Crippen LogP contribution in [-0.4, -0.2) is 21.3 Å². The van der Waals surface area contributed by atoms with Crippen molar-refractivity contribution >= 4 is 15.9 Å². The van der Waals surface area contributed by atoms with Gasteiger partial charge >= 0.3 is 0 Å². The van der Waals surface area contributed by atoms with Crippen LogP contribution in [-0.2, 0) is 13.1 Å². The number of pyridine rings is 1. The van der Waals surface area contributed by atoms with Crippen molar-refractivity contribution in [3.05, 3.63) is 47.0 Å². The van der Waals surface area contributed by atoms with E-state index in [9.17, 15) is 0 Å². The van der Waals surface area contributed by atoms with E-state index in [4.69, 9.17) is 0 Å². The van der Waals surface area contributed by atoms with Crippen molar-refractivity contribution < 1.29 is 0 Å². The third-order valence-electron chi connectivity index (χ3n) is 2.17. The predicted molar refractivity (Wildman–Crippen MR) is 65.9 cm³/mol. The van der Waals surface area contributed by atoms with Crippen molar-refractivity contribution in [3.63, 3.8) is 0 Å². The van der Waals surface area contributed by atoms with Crippen LogP contribution in [0.4, 0.5) is 0 Å². The van der Waals surface area contributed by atoms with Gasteiger partial charge in [-0.2, -0.15) is 5.10 Å². The smallest absolute Gasteiger partial charge is 0.0534 e. The third-order valence-corrected chi connectivity index (χ3v) is 2.60. The van der Waals surface area contributed by atoms with Gasteiger partial charge in [-0.15, -0.1) is 0 Å². The van der Waals surface area contributed by atoms with E-state index < -0.39 is 0 Å². The Morgan fingerprint density at radius 2 is 2.31 bits per heavy atom. The maximum Gasteiger partial charge on any atom is 0.0534 e. The van der Waals surface area contributed by atoms with Crippen molar-refractivity contribution in [3.8, 4) is 0 Å². The maximum absolute atomic E-state index is 4.13. The van der Waals surface area contributed by atoms with Gasteiger partial charge in [0.25, 0.3) is 0 Å². The fourth-order valence-electron chi connectivity index (χ4n) is 1.41. The Morgan fingerprint density at radius 1 is 1.38 bits per heavy atom. The summed E-state index contributed by atoms with van der Waals surface area (Å²) in [5.74, 6) is 0. The second-order valence-electron chi connectivity index (χ2n) is 3.46. The van der Waals surface area contributed by atoms with Crippen LogP contribution in [0.1, 0.15) is 5.56 Å². The Morgan fingerprint density at radius 3 is 3.06 bits per heavy atom. The van der Waals surface area contributed by atoms with E-state index in [2.05, 4.69) is 37.4 Å². The second-order valence-corrected chi connectivity index (χ2v) is 4.37. The molecular formula is C11H13BrN4. The van der Waals surface area contributed by atoms with Gasteiger partial charge in [-0.05, 0) is 33.6 Å². The highest BCUT2D eigenvalue weighted by Crippen LogP contribution is 2.08. The molecule has 5 heteroatoms. The van der Waals surface area contributed by atoms with Gasteiger partial charge in [0.1, 0.15) is 0 Å². The third kappa shape index (κ3) is 3.43. The number of nitrogens with zero attached hydrogens (tertiary/aromatic N) is 3. The normalized spacial score (nSPS) is 10.6. The molecule has 2 aromatic rings. The quantitative estimate of drug-likeness (QED) is 0.850. The topological polar surface area (TPSA) is 42.7 Å². The summed E-state index contributed by atoms with van der Waals surface area (Å²) in [4.78, 5) is 4.11. The minimum absolute atomic E-state index is 0.827. The number of rotatable bonds is 5. The fraction of sp³-hybridized carbons (Fsp3) is 0.273. The molecule has 0 amide bonds. The summed E-state index contributed by atoms with van der Waals surface area (Å²) in [7, 11) is 0. The first-order valence-corrected chi connectivity index (χ1v) is 5.91. The first-order valence-electron chi connectivity index (χ1n) is 5.12. The molecule has 0 saturated heterocycles. The van der Waals surface area contributed by atoms with Crippen LogP contribution in [0.5, 0.6) is 0 Å². The van der Waals surface area contributed by atoms with Crippen LogP contribution >= 0.6 is 15.9 Å². The summed E-state index contributed by atoms with van der Waals surface area (Å²) < 4.78 is 2.92. The van der Waals surface area contributed by atoms with E-state index in [1.807, 2.05) is 23.1 Å². The Bertz CT molecular complexity index is 427. The van der Waals surface area contributed by atoms with Crippen LogP contribution < -0.4 is 5.32 Å². The van der Waals surface area contributed by atoms with Crippen molar-refractivity contribution in [1.29, 1.82) is 0 Å². The lowest BCUT2D eigenvalue weighted by Crippen LogP contribution is -2.19. The molecular weight excluding hydrogens is 268 g/mol. The van der Waals surface area contributed by atoms with Gasteiger partial charge in [0.05, 0.1) is 6.54 Å². The van der Waals surface area contributed by atoms with Crippen LogP contribution in [0, 0.1) is 0 Å². The minimum Gasteiger partial charge on any atom is -0.311 e. The second kappa shape index (κ2) is 5.77. The molecule has 2 heterocycles. The molecule has 0 unspecified atom stereocenters. The van der Waals surface area contributed by atoms with E-state index in [0.717, 1.165) is 24.1 Å². The molecule has 0 saturated carbocycles. The largest absolute Gasteiger partial charge is 0.311 e. The van der Waals surface area contributed by atoms with Gasteiger partial charge in [-0.3, -0.25) is 9.67 Å². The highest BCUT2D eigenvalue weighted by molar-refractivity contribution is 9.10. The molecule has 0 aliphatic rings. The van der Waals surface area contributed by atoms with Gasteiger partial charge < -0.3 is 5.32 Å². The number of halogens is 1. The average molecular weight is 281 g/mol. The number of aromatic nitrogens is 3. The van der Waals surface area contributed by atoms with Crippen molar-refractivity contribution in [1.82, 2.24) is 20.1 Å². The van der Waals surface area contributed by atoms with Crippen molar-refractivity contribution in [2.45, 2.75) is 13.1 Å². The molecule has 0 bridgehead atoms. The number of hydrogen-bond acceptors (Lipinski definition) is 3. The molecule has 0 aliphatic heterocycles. The lowest BCUT2D eigenvalue weighted by molar-refractivity contribution is 0.554. The molecule has 0 fully saturated rings. The summed E-state index contributed by atoms with van der Waals surface area (Å²) in [6, 6.07) is 3.99. The molecule has 0 aliphatic carbocycles. The van der Waals surface area contributed by atoms with Crippen LogP contribution in [0.2, 0.25) is 0 Å². The monoisotopic (exact) mass is 280 g/mol. The first-order chi connectivity index (χ1) is 7.84. The number of nitrogens with one attached hydrogen (secondary N) is 1. The highest BCUT2D eigenvalue weighted by Gasteiger charge is 1.95. The van der Waals surface area contributed by atoms with E-state index in [1.165, 1.54) is 5.56 Å². The highest BCUT2D eigenvalue weighted by atomic mass is 79.9. The zero-order valence-corrected chi connectivity index (χ0v) is 10.4. The molecule has 0 atom stereocenters. The lowest BCUT2D eigenvalue weighted by Gasteiger charge is -2.05. The fourth-order valence-corrected chi connectivity index (χ4v) is 1.82. The van der Waals surface area contributed by atoms with Crippen molar-refractivity contribution in [2.24, 2.45) is 0 Å².